The highest BCUT2D eigenvalue weighted by Crippen LogP contribution is 2.31. The fourth-order valence-corrected chi connectivity index (χ4v) is 4.92. The van der Waals surface area contributed by atoms with E-state index in [9.17, 15) is 13.2 Å². The second-order valence-electron chi connectivity index (χ2n) is 5.52. The minimum absolute atomic E-state index is 0.158. The van der Waals surface area contributed by atoms with Crippen LogP contribution >= 0.6 is 11.6 Å². The highest BCUT2D eigenvalue weighted by atomic mass is 35.5. The lowest BCUT2D eigenvalue weighted by Gasteiger charge is -2.18. The Morgan fingerprint density at radius 1 is 1.39 bits per heavy atom. The molecule has 0 bridgehead atoms. The first-order valence-corrected chi connectivity index (χ1v) is 9.01. The van der Waals surface area contributed by atoms with Crippen molar-refractivity contribution in [1.29, 1.82) is 0 Å². The molecular formula is C15H16ClN3O3S. The van der Waals surface area contributed by atoms with Crippen molar-refractivity contribution in [2.45, 2.75) is 24.3 Å². The maximum Gasteiger partial charge on any atom is 0.243 e. The van der Waals surface area contributed by atoms with Gasteiger partial charge in [0, 0.05) is 49.2 Å². The Morgan fingerprint density at radius 2 is 2.17 bits per heavy atom. The molecule has 1 atom stereocenters. The minimum atomic E-state index is -3.69. The van der Waals surface area contributed by atoms with Crippen molar-refractivity contribution in [3.8, 4) is 0 Å². The van der Waals surface area contributed by atoms with Gasteiger partial charge in [0.05, 0.1) is 9.92 Å². The number of nitrogens with zero attached hydrogens (tertiary/aromatic N) is 2. The Labute approximate surface area is 139 Å². The van der Waals surface area contributed by atoms with Gasteiger partial charge in [0.25, 0.3) is 0 Å². The van der Waals surface area contributed by atoms with Gasteiger partial charge in [-0.05, 0) is 12.5 Å². The van der Waals surface area contributed by atoms with E-state index in [0.29, 0.717) is 28.8 Å². The lowest BCUT2D eigenvalue weighted by Crippen LogP contribution is -2.37. The largest absolute Gasteiger partial charge is 0.352 e. The average Bonchev–Trinajstić information content (AvgIpc) is 2.95. The molecule has 1 amide bonds. The Bertz CT molecular complexity index is 864. The molecule has 1 aliphatic heterocycles. The number of hydrogen-bond donors (Lipinski definition) is 1. The minimum Gasteiger partial charge on any atom is -0.352 e. The molecule has 0 unspecified atom stereocenters. The SMILES string of the molecule is CC(=O)N[C@@H]1CCN(S(=O)(=O)c2cccc3cncc(Cl)c23)C1. The van der Waals surface area contributed by atoms with Crippen molar-refractivity contribution in [1.82, 2.24) is 14.6 Å². The second kappa shape index (κ2) is 6.07. The first kappa shape index (κ1) is 16.2. The predicted molar refractivity (Wildman–Crippen MR) is 87.7 cm³/mol. The number of carbonyl (C=O) groups is 1. The maximum atomic E-state index is 13.0. The number of aromatic nitrogens is 1. The number of carbonyl (C=O) groups excluding carboxylic acids is 1. The van der Waals surface area contributed by atoms with Gasteiger partial charge >= 0.3 is 0 Å². The number of nitrogens with one attached hydrogen (secondary N) is 1. The summed E-state index contributed by atoms with van der Waals surface area (Å²) in [6, 6.07) is 4.84. The molecule has 122 valence electrons. The number of benzene rings is 1. The summed E-state index contributed by atoms with van der Waals surface area (Å²) < 4.78 is 27.3. The molecule has 1 aromatic carbocycles. The van der Waals surface area contributed by atoms with Crippen molar-refractivity contribution in [3.05, 3.63) is 35.6 Å². The van der Waals surface area contributed by atoms with Crippen LogP contribution in [0.2, 0.25) is 5.02 Å². The van der Waals surface area contributed by atoms with Gasteiger partial charge in [0.1, 0.15) is 0 Å². The molecule has 1 N–H and O–H groups in total. The zero-order valence-electron chi connectivity index (χ0n) is 12.5. The van der Waals surface area contributed by atoms with E-state index >= 15 is 0 Å². The second-order valence-corrected chi connectivity index (χ2v) is 7.84. The maximum absolute atomic E-state index is 13.0. The fraction of sp³-hybridized carbons (Fsp3) is 0.333. The lowest BCUT2D eigenvalue weighted by atomic mass is 10.2. The molecule has 2 aromatic rings. The molecular weight excluding hydrogens is 338 g/mol. The van der Waals surface area contributed by atoms with Crippen molar-refractivity contribution in [3.63, 3.8) is 0 Å². The fourth-order valence-electron chi connectivity index (χ4n) is 2.86. The summed E-state index contributed by atoms with van der Waals surface area (Å²) in [5.41, 5.74) is 0. The predicted octanol–water partition coefficient (Wildman–Crippen LogP) is 1.79. The molecule has 0 aliphatic carbocycles. The molecule has 1 fully saturated rings. The van der Waals surface area contributed by atoms with E-state index in [1.54, 1.807) is 24.4 Å². The van der Waals surface area contributed by atoms with E-state index < -0.39 is 10.0 Å². The van der Waals surface area contributed by atoms with Crippen LogP contribution in [0.5, 0.6) is 0 Å². The van der Waals surface area contributed by atoms with E-state index in [0.717, 1.165) is 0 Å². The monoisotopic (exact) mass is 353 g/mol. The molecule has 3 rings (SSSR count). The third-order valence-corrected chi connectivity index (χ3v) is 6.07. The molecule has 23 heavy (non-hydrogen) atoms. The zero-order valence-corrected chi connectivity index (χ0v) is 14.1. The van der Waals surface area contributed by atoms with Crippen LogP contribution in [0.25, 0.3) is 10.8 Å². The molecule has 0 radical (unpaired) electrons. The van der Waals surface area contributed by atoms with Crippen LogP contribution in [0, 0.1) is 0 Å². The summed E-state index contributed by atoms with van der Waals surface area (Å²) in [7, 11) is -3.69. The topological polar surface area (TPSA) is 79.4 Å². The highest BCUT2D eigenvalue weighted by Gasteiger charge is 2.34. The third kappa shape index (κ3) is 3.04. The average molecular weight is 354 g/mol. The van der Waals surface area contributed by atoms with Gasteiger partial charge in [-0.2, -0.15) is 4.31 Å². The smallest absolute Gasteiger partial charge is 0.243 e. The summed E-state index contributed by atoms with van der Waals surface area (Å²) in [5, 5.41) is 4.22. The van der Waals surface area contributed by atoms with E-state index in [-0.39, 0.29) is 23.4 Å². The summed E-state index contributed by atoms with van der Waals surface area (Å²) in [5.74, 6) is -0.159. The molecule has 1 aromatic heterocycles. The van der Waals surface area contributed by atoms with Crippen molar-refractivity contribution < 1.29 is 13.2 Å². The number of fused-ring (bicyclic) bond motifs is 1. The van der Waals surface area contributed by atoms with Crippen LogP contribution in [0.4, 0.5) is 0 Å². The van der Waals surface area contributed by atoms with E-state index in [2.05, 4.69) is 10.3 Å². The van der Waals surface area contributed by atoms with Crippen molar-refractivity contribution in [2.75, 3.05) is 13.1 Å². The third-order valence-electron chi connectivity index (χ3n) is 3.87. The van der Waals surface area contributed by atoms with Crippen LogP contribution in [-0.4, -0.2) is 42.7 Å². The normalized spacial score (nSPS) is 19.1. The molecule has 0 saturated carbocycles. The van der Waals surface area contributed by atoms with Gasteiger partial charge in [-0.15, -0.1) is 0 Å². The first-order valence-electron chi connectivity index (χ1n) is 7.19. The Kier molecular flexibility index (Phi) is 4.27. The lowest BCUT2D eigenvalue weighted by molar-refractivity contribution is -0.119. The highest BCUT2D eigenvalue weighted by molar-refractivity contribution is 7.89. The van der Waals surface area contributed by atoms with Crippen LogP contribution < -0.4 is 5.32 Å². The molecule has 0 spiro atoms. The van der Waals surface area contributed by atoms with Gasteiger partial charge in [-0.25, -0.2) is 8.42 Å². The summed E-state index contributed by atoms with van der Waals surface area (Å²) >= 11 is 6.17. The molecule has 2 heterocycles. The van der Waals surface area contributed by atoms with Crippen molar-refractivity contribution >= 4 is 38.3 Å². The standard InChI is InChI=1S/C15H16ClN3O3S/c1-10(20)18-12-5-6-19(9-12)23(21,22)14-4-2-3-11-7-17-8-13(16)15(11)14/h2-4,7-8,12H,5-6,9H2,1H3,(H,18,20)/t12-/m1/s1. The van der Waals surface area contributed by atoms with Crippen LogP contribution in [0.3, 0.4) is 0 Å². The first-order chi connectivity index (χ1) is 10.9. The van der Waals surface area contributed by atoms with E-state index in [4.69, 9.17) is 11.6 Å². The van der Waals surface area contributed by atoms with Gasteiger partial charge < -0.3 is 5.32 Å². The molecule has 1 saturated heterocycles. The Hall–Kier alpha value is -1.70. The van der Waals surface area contributed by atoms with E-state index in [1.165, 1.54) is 17.4 Å². The molecule has 1 aliphatic rings. The number of hydrogen-bond acceptors (Lipinski definition) is 4. The van der Waals surface area contributed by atoms with E-state index in [1.807, 2.05) is 0 Å². The summed E-state index contributed by atoms with van der Waals surface area (Å²) in [6.45, 7) is 2.06. The number of sulfonamides is 1. The van der Waals surface area contributed by atoms with Crippen LogP contribution in [-0.2, 0) is 14.8 Å². The van der Waals surface area contributed by atoms with Gasteiger partial charge in [-0.3, -0.25) is 9.78 Å². The van der Waals surface area contributed by atoms with Gasteiger partial charge in [0.2, 0.25) is 15.9 Å². The Morgan fingerprint density at radius 3 is 2.91 bits per heavy atom. The number of amides is 1. The zero-order chi connectivity index (χ0) is 16.6. The van der Waals surface area contributed by atoms with Crippen LogP contribution in [0.1, 0.15) is 13.3 Å². The van der Waals surface area contributed by atoms with Crippen LogP contribution in [0.15, 0.2) is 35.5 Å². The van der Waals surface area contributed by atoms with Crippen molar-refractivity contribution in [2.24, 2.45) is 0 Å². The summed E-state index contributed by atoms with van der Waals surface area (Å²) in [6.07, 6.45) is 3.62. The summed E-state index contributed by atoms with van der Waals surface area (Å²) in [4.78, 5) is 15.3. The number of rotatable bonds is 3. The number of pyridine rings is 1. The molecule has 6 nitrogen and oxygen atoms in total. The Balaban J connectivity index is 2.00. The molecule has 8 heteroatoms. The quantitative estimate of drug-likeness (QED) is 0.912. The van der Waals surface area contributed by atoms with Gasteiger partial charge in [0.15, 0.2) is 0 Å². The number of halogens is 1. The van der Waals surface area contributed by atoms with Gasteiger partial charge in [-0.1, -0.05) is 23.7 Å².